The van der Waals surface area contributed by atoms with E-state index in [2.05, 4.69) is 4.74 Å². The number of hydrogen-bond acceptors (Lipinski definition) is 3. The Balaban J connectivity index is 0. The number of hydrogen-bond donors (Lipinski definition) is 0. The van der Waals surface area contributed by atoms with Gasteiger partial charge in [-0.1, -0.05) is 0 Å². The van der Waals surface area contributed by atoms with E-state index in [-0.39, 0.29) is 32.8 Å². The van der Waals surface area contributed by atoms with Gasteiger partial charge in [0.05, 0.1) is 13.2 Å². The van der Waals surface area contributed by atoms with Crippen molar-refractivity contribution in [2.24, 2.45) is 0 Å². The molecule has 0 aliphatic heterocycles. The van der Waals surface area contributed by atoms with Gasteiger partial charge in [-0.3, -0.25) is 0 Å². The zero-order valence-corrected chi connectivity index (χ0v) is 11.1. The Morgan fingerprint density at radius 2 is 2.11 bits per heavy atom. The molecule has 0 aliphatic carbocycles. The van der Waals surface area contributed by atoms with Crippen LogP contribution in [0.1, 0.15) is 0 Å². The molecule has 0 saturated heterocycles. The maximum absolute atomic E-state index is 9.60. The summed E-state index contributed by atoms with van der Waals surface area (Å²) in [5, 5.41) is 0. The fourth-order valence-electron chi connectivity index (χ4n) is 0.274. The number of carbonyl (C=O) groups is 1. The molecule has 0 aromatic rings. The van der Waals surface area contributed by atoms with Crippen molar-refractivity contribution < 1.29 is 14.3 Å². The molecule has 9 heavy (non-hydrogen) atoms. The number of rotatable bonds is 5. The number of ether oxygens (including phenoxy) is 2. The Morgan fingerprint density at radius 3 is 2.56 bits per heavy atom. The molecule has 0 radical (unpaired) electrons. The van der Waals surface area contributed by atoms with Gasteiger partial charge < -0.3 is 14.3 Å². The molecule has 0 aromatic heterocycles. The third kappa shape index (κ3) is 11.9. The zero-order chi connectivity index (χ0) is 6.24. The van der Waals surface area contributed by atoms with E-state index in [0.717, 1.165) is 6.29 Å². The molecule has 0 rings (SSSR count). The van der Waals surface area contributed by atoms with E-state index >= 15 is 0 Å². The van der Waals surface area contributed by atoms with Crippen LogP contribution in [0.3, 0.4) is 0 Å². The van der Waals surface area contributed by atoms with Crippen LogP contribution in [0, 0.1) is 0 Å². The summed E-state index contributed by atoms with van der Waals surface area (Å²) in [5.41, 5.74) is 0. The second-order valence-electron chi connectivity index (χ2n) is 1.23. The van der Waals surface area contributed by atoms with Crippen molar-refractivity contribution in [2.45, 2.75) is 0 Å². The number of methoxy groups -OCH3 is 1. The van der Waals surface area contributed by atoms with Gasteiger partial charge in [-0.15, -0.1) is 0 Å². The molecular weight excluding hydrogens is 317 g/mol. The van der Waals surface area contributed by atoms with Gasteiger partial charge >= 0.3 is 26.2 Å². The minimum absolute atomic E-state index is 0. The third-order valence-corrected chi connectivity index (χ3v) is 0.618. The van der Waals surface area contributed by atoms with Crippen LogP contribution < -0.4 is 0 Å². The molecule has 0 aromatic carbocycles. The molecule has 0 unspecified atom stereocenters. The molecule has 0 aliphatic rings. The quantitative estimate of drug-likeness (QED) is 0.356. The standard InChI is InChI=1S/C5H10O3.Bi.3H/c1-7-4-5-8-3-2-6;;;;/h2H,3-5H2,1H3;;;;. The Hall–Kier alpha value is 0.473. The summed E-state index contributed by atoms with van der Waals surface area (Å²) >= 11 is 0. The SMILES string of the molecule is COCCOCC=O.[BiH3]. The van der Waals surface area contributed by atoms with Crippen molar-refractivity contribution >= 4 is 32.5 Å². The van der Waals surface area contributed by atoms with Crippen LogP contribution >= 0.6 is 0 Å². The van der Waals surface area contributed by atoms with Gasteiger partial charge in [-0.2, -0.15) is 0 Å². The summed E-state index contributed by atoms with van der Waals surface area (Å²) < 4.78 is 9.38. The van der Waals surface area contributed by atoms with Crippen LogP contribution in [-0.2, 0) is 14.3 Å². The van der Waals surface area contributed by atoms with Crippen molar-refractivity contribution in [2.75, 3.05) is 26.9 Å². The van der Waals surface area contributed by atoms with E-state index in [4.69, 9.17) is 4.74 Å². The van der Waals surface area contributed by atoms with Crippen LogP contribution in [0.4, 0.5) is 0 Å². The summed E-state index contributed by atoms with van der Waals surface area (Å²) in [6.07, 6.45) is 0.718. The van der Waals surface area contributed by atoms with Gasteiger partial charge in [0.25, 0.3) is 0 Å². The fourth-order valence-corrected chi connectivity index (χ4v) is 0.274. The van der Waals surface area contributed by atoms with E-state index in [1.54, 1.807) is 7.11 Å². The van der Waals surface area contributed by atoms with Gasteiger partial charge in [-0.25, -0.2) is 0 Å². The summed E-state index contributed by atoms with van der Waals surface area (Å²) in [6.45, 7) is 1.21. The molecule has 0 bridgehead atoms. The van der Waals surface area contributed by atoms with Gasteiger partial charge in [0.1, 0.15) is 12.9 Å². The molecule has 0 heterocycles. The molecule has 56 valence electrons. The topological polar surface area (TPSA) is 35.5 Å². The van der Waals surface area contributed by atoms with Crippen molar-refractivity contribution in [3.63, 3.8) is 0 Å². The average Bonchev–Trinajstić information content (AvgIpc) is 1.81. The molecule has 0 fully saturated rings. The first-order chi connectivity index (χ1) is 3.91. The maximum atomic E-state index is 9.60. The zero-order valence-electron chi connectivity index (χ0n) is 5.63. The average molecular weight is 330 g/mol. The predicted molar refractivity (Wildman–Crippen MR) is 38.7 cm³/mol. The van der Waals surface area contributed by atoms with Crippen molar-refractivity contribution in [3.05, 3.63) is 0 Å². The second-order valence-corrected chi connectivity index (χ2v) is 1.23. The number of aldehydes is 1. The van der Waals surface area contributed by atoms with Crippen LogP contribution in [0.15, 0.2) is 0 Å². The Bertz CT molecular complexity index is 58.2. The Labute approximate surface area is 73.8 Å². The second kappa shape index (κ2) is 11.3. The summed E-state index contributed by atoms with van der Waals surface area (Å²) in [7, 11) is 1.59. The monoisotopic (exact) mass is 330 g/mol. The van der Waals surface area contributed by atoms with E-state index in [1.807, 2.05) is 0 Å². The molecule has 3 nitrogen and oxygen atoms in total. The molecule has 0 atom stereocenters. The molecule has 0 saturated carbocycles. The van der Waals surface area contributed by atoms with Crippen molar-refractivity contribution in [1.29, 1.82) is 0 Å². The van der Waals surface area contributed by atoms with E-state index in [9.17, 15) is 4.79 Å². The minimum atomic E-state index is 0. The van der Waals surface area contributed by atoms with E-state index in [1.165, 1.54) is 0 Å². The number of carbonyl (C=O) groups excluding carboxylic acids is 1. The van der Waals surface area contributed by atoms with Crippen LogP contribution in [0.5, 0.6) is 0 Å². The van der Waals surface area contributed by atoms with Crippen molar-refractivity contribution in [3.8, 4) is 0 Å². The first-order valence-electron chi connectivity index (χ1n) is 2.42. The molecule has 0 spiro atoms. The van der Waals surface area contributed by atoms with Crippen molar-refractivity contribution in [1.82, 2.24) is 0 Å². The molecule has 4 heteroatoms. The van der Waals surface area contributed by atoms with Gasteiger partial charge in [0.2, 0.25) is 0 Å². The molecule has 0 amide bonds. The normalized spacial score (nSPS) is 8.11. The van der Waals surface area contributed by atoms with Gasteiger partial charge in [0.15, 0.2) is 0 Å². The van der Waals surface area contributed by atoms with Crippen LogP contribution in [-0.4, -0.2) is 59.4 Å². The fraction of sp³-hybridized carbons (Fsp3) is 0.800. The summed E-state index contributed by atoms with van der Waals surface area (Å²) in [5.74, 6) is 0. The Morgan fingerprint density at radius 1 is 1.44 bits per heavy atom. The Kier molecular flexibility index (Phi) is 15.3. The van der Waals surface area contributed by atoms with Crippen LogP contribution in [0.2, 0.25) is 0 Å². The third-order valence-electron chi connectivity index (χ3n) is 0.618. The summed E-state index contributed by atoms with van der Waals surface area (Å²) in [4.78, 5) is 9.60. The summed E-state index contributed by atoms with van der Waals surface area (Å²) in [6, 6.07) is 0. The van der Waals surface area contributed by atoms with E-state index in [0.29, 0.717) is 13.2 Å². The van der Waals surface area contributed by atoms with Gasteiger partial charge in [-0.05, 0) is 0 Å². The predicted octanol–water partition coefficient (Wildman–Crippen LogP) is -1.34. The van der Waals surface area contributed by atoms with Gasteiger partial charge in [0, 0.05) is 7.11 Å². The molecular formula is C5H13BiO3. The first-order valence-corrected chi connectivity index (χ1v) is 2.42. The molecule has 0 N–H and O–H groups in total. The van der Waals surface area contributed by atoms with Crippen LogP contribution in [0.25, 0.3) is 0 Å². The first kappa shape index (κ1) is 12.2. The van der Waals surface area contributed by atoms with E-state index < -0.39 is 0 Å².